The number of aromatic nitrogens is 2. The summed E-state index contributed by atoms with van der Waals surface area (Å²) in [5.74, 6) is -2.77. The van der Waals surface area contributed by atoms with Crippen LogP contribution in [0.1, 0.15) is 36.3 Å². The van der Waals surface area contributed by atoms with Crippen molar-refractivity contribution in [2.45, 2.75) is 32.4 Å². The van der Waals surface area contributed by atoms with E-state index in [0.29, 0.717) is 167 Å². The topological polar surface area (TPSA) is 304 Å². The maximum absolute atomic E-state index is 14.4. The Morgan fingerprint density at radius 2 is 1.12 bits per heavy atom. The van der Waals surface area contributed by atoms with E-state index in [1.165, 1.54) is 0 Å². The number of hydrogen-bond acceptors (Lipinski definition) is 20. The smallest absolute Gasteiger partial charge is 0.317 e. The molecule has 0 aliphatic carbocycles. The van der Waals surface area contributed by atoms with Crippen molar-refractivity contribution in [3.8, 4) is 39.6 Å². The van der Waals surface area contributed by atoms with Crippen molar-refractivity contribution in [3.05, 3.63) is 75.9 Å². The fourth-order valence-electron chi connectivity index (χ4n) is 10.3. The number of amides is 3. The van der Waals surface area contributed by atoms with Crippen LogP contribution in [-0.4, -0.2) is 282 Å². The summed E-state index contributed by atoms with van der Waals surface area (Å²) < 4.78 is 53.2. The third-order valence-electron chi connectivity index (χ3n) is 14.8. The van der Waals surface area contributed by atoms with Crippen LogP contribution in [0.5, 0.6) is 11.5 Å². The zero-order chi connectivity index (χ0) is 64.4. The molecule has 29 heteroatoms. The highest BCUT2D eigenvalue weighted by Gasteiger charge is 2.39. The Morgan fingerprint density at radius 3 is 1.63 bits per heavy atom. The summed E-state index contributed by atoms with van der Waals surface area (Å²) in [7, 11) is 1.57. The lowest BCUT2D eigenvalue weighted by atomic mass is 9.95. The van der Waals surface area contributed by atoms with Gasteiger partial charge in [-0.15, -0.1) is 0 Å². The summed E-state index contributed by atoms with van der Waals surface area (Å²) in [6.07, 6.45) is 0.114. The minimum atomic E-state index is -1.03. The molecule has 2 fully saturated rings. The van der Waals surface area contributed by atoms with Gasteiger partial charge in [0.2, 0.25) is 11.8 Å². The highest BCUT2D eigenvalue weighted by molar-refractivity contribution is 6.34. The molecule has 494 valence electrons. The molecule has 90 heavy (non-hydrogen) atoms. The number of nitrogens with one attached hydrogen (secondary N) is 2. The SMILES string of the molecule is COc1cc2c(cc1-c1cccc(NC(=O)CCOCCOCCOCCOCCOCCOCCNC(=O)CN3CCN(CC(=O)O)CCN(CC(=O)O)CCN(CC(=O)O)CC3)c1)-c1c(c(C(=O)N3CCOCC3(C)C)nn1-c1cc(Cl)cc(Cl)c1)CO2. The quantitative estimate of drug-likeness (QED) is 0.0417. The lowest BCUT2D eigenvalue weighted by Crippen LogP contribution is -2.55. The van der Waals surface area contributed by atoms with Gasteiger partial charge in [0.05, 0.1) is 149 Å². The number of anilines is 1. The number of fused-ring (bicyclic) bond motifs is 3. The number of ether oxygens (including phenoxy) is 9. The molecular weight excluding hydrogens is 1220 g/mol. The van der Waals surface area contributed by atoms with Crippen LogP contribution in [0.3, 0.4) is 0 Å². The number of rotatable bonds is 34. The Bertz CT molecular complexity index is 2980. The summed E-state index contributed by atoms with van der Waals surface area (Å²) in [5.41, 5.74) is 4.17. The van der Waals surface area contributed by atoms with E-state index in [1.807, 2.05) is 43.0 Å². The molecule has 4 aromatic rings. The van der Waals surface area contributed by atoms with Crippen molar-refractivity contribution >= 4 is 64.5 Å². The molecule has 2 saturated heterocycles. The molecule has 5 N–H and O–H groups in total. The van der Waals surface area contributed by atoms with Crippen molar-refractivity contribution in [2.75, 3.05) is 197 Å². The highest BCUT2D eigenvalue weighted by atomic mass is 35.5. The number of nitrogens with zero attached hydrogens (tertiary/aromatic N) is 7. The van der Waals surface area contributed by atoms with Crippen LogP contribution in [0.25, 0.3) is 28.1 Å². The zero-order valence-electron chi connectivity index (χ0n) is 51.3. The average Bonchev–Trinajstić information content (AvgIpc) is 1.54. The van der Waals surface area contributed by atoms with Gasteiger partial charge >= 0.3 is 17.9 Å². The van der Waals surface area contributed by atoms with Gasteiger partial charge in [-0.3, -0.25) is 48.4 Å². The molecule has 0 radical (unpaired) electrons. The van der Waals surface area contributed by atoms with Gasteiger partial charge in [0.1, 0.15) is 18.1 Å². The molecule has 0 unspecified atom stereocenters. The first kappa shape index (κ1) is 70.9. The largest absolute Gasteiger partial charge is 0.496 e. The number of methoxy groups -OCH3 is 1. The minimum absolute atomic E-state index is 0.0118. The van der Waals surface area contributed by atoms with E-state index >= 15 is 0 Å². The molecule has 3 amide bonds. The van der Waals surface area contributed by atoms with Crippen LogP contribution in [0.15, 0.2) is 54.6 Å². The summed E-state index contributed by atoms with van der Waals surface area (Å²) in [6.45, 7) is 11.0. The maximum Gasteiger partial charge on any atom is 0.317 e. The number of carboxylic acids is 3. The Labute approximate surface area is 533 Å². The molecule has 0 spiro atoms. The standard InChI is InChI=1S/C61H83Cl2N9O18/c1-61(2)42-89-20-17-71(61)60(81)58-50-41-90-52-36-51(82-3)48(35-49(52)59(50)72(66-58)47-33-44(62)32-45(63)34-47)43-5-4-6-46(31-43)65-53(73)7-18-83-21-23-85-25-27-87-29-30-88-28-26-86-24-22-84-19-8-64-54(74)37-67-9-11-68(38-55(75)76)13-15-70(40-57(79)80)16-14-69(12-10-67)39-56(77)78/h4-6,31-36H,7-30,37-42H2,1-3H3,(H,64,74)(H,65,73)(H,75,76)(H,77,78)(H,79,80). The van der Waals surface area contributed by atoms with Gasteiger partial charge in [-0.2, -0.15) is 5.10 Å². The molecular formula is C61H83Cl2N9O18. The van der Waals surface area contributed by atoms with Crippen molar-refractivity contribution in [3.63, 3.8) is 0 Å². The lowest BCUT2D eigenvalue weighted by molar-refractivity contribution is -0.140. The van der Waals surface area contributed by atoms with Gasteiger partial charge in [-0.1, -0.05) is 35.3 Å². The molecule has 1 aromatic heterocycles. The molecule has 27 nitrogen and oxygen atoms in total. The lowest BCUT2D eigenvalue weighted by Gasteiger charge is -2.41. The van der Waals surface area contributed by atoms with Crippen molar-refractivity contribution < 1.29 is 86.7 Å². The normalized spacial score (nSPS) is 16.0. The summed E-state index contributed by atoms with van der Waals surface area (Å²) in [4.78, 5) is 83.6. The Balaban J connectivity index is 0.731. The van der Waals surface area contributed by atoms with Crippen LogP contribution >= 0.6 is 23.2 Å². The Kier molecular flexibility index (Phi) is 28.7. The van der Waals surface area contributed by atoms with Crippen LogP contribution < -0.4 is 20.1 Å². The van der Waals surface area contributed by atoms with E-state index in [9.17, 15) is 44.1 Å². The number of morpholine rings is 1. The second-order valence-electron chi connectivity index (χ2n) is 22.1. The van der Waals surface area contributed by atoms with E-state index in [2.05, 4.69) is 10.6 Å². The number of carbonyl (C=O) groups excluding carboxylic acids is 3. The maximum atomic E-state index is 14.4. The highest BCUT2D eigenvalue weighted by Crippen LogP contribution is 2.47. The van der Waals surface area contributed by atoms with Gasteiger partial charge < -0.3 is 73.5 Å². The van der Waals surface area contributed by atoms with Crippen molar-refractivity contribution in [1.29, 1.82) is 0 Å². The van der Waals surface area contributed by atoms with E-state index < -0.39 is 23.4 Å². The number of carbonyl (C=O) groups is 6. The van der Waals surface area contributed by atoms with Gasteiger partial charge in [-0.25, -0.2) is 4.68 Å². The van der Waals surface area contributed by atoms with E-state index in [-0.39, 0.29) is 109 Å². The monoisotopic (exact) mass is 1300 g/mol. The molecule has 3 aliphatic rings. The molecule has 3 aliphatic heterocycles. The number of benzene rings is 3. The van der Waals surface area contributed by atoms with Crippen LogP contribution in [-0.2, 0) is 63.7 Å². The van der Waals surface area contributed by atoms with E-state index in [1.54, 1.807) is 61.7 Å². The Hall–Kier alpha value is -6.57. The Morgan fingerprint density at radius 1 is 0.611 bits per heavy atom. The third kappa shape index (κ3) is 22.7. The predicted molar refractivity (Wildman–Crippen MR) is 331 cm³/mol. The van der Waals surface area contributed by atoms with Crippen LogP contribution in [0, 0.1) is 0 Å². The fourth-order valence-corrected chi connectivity index (χ4v) is 10.8. The summed E-state index contributed by atoms with van der Waals surface area (Å²) >= 11 is 13.0. The second-order valence-corrected chi connectivity index (χ2v) is 22.9. The fraction of sp³-hybridized carbons (Fsp3) is 0.557. The van der Waals surface area contributed by atoms with Crippen LogP contribution in [0.2, 0.25) is 10.0 Å². The first-order valence-electron chi connectivity index (χ1n) is 29.9. The number of hydrogen-bond donors (Lipinski definition) is 5. The van der Waals surface area contributed by atoms with Gasteiger partial charge in [0.15, 0.2) is 5.69 Å². The summed E-state index contributed by atoms with van der Waals surface area (Å²) in [5, 5.41) is 39.8. The summed E-state index contributed by atoms with van der Waals surface area (Å²) in [6, 6.07) is 16.2. The van der Waals surface area contributed by atoms with Gasteiger partial charge in [-0.05, 0) is 55.8 Å². The second kappa shape index (κ2) is 36.5. The molecule has 4 heterocycles. The molecule has 0 atom stereocenters. The molecule has 3 aromatic carbocycles. The number of halogens is 2. The van der Waals surface area contributed by atoms with Crippen LogP contribution in [0.4, 0.5) is 5.69 Å². The molecule has 7 rings (SSSR count). The average molecular weight is 1300 g/mol. The first-order chi connectivity index (χ1) is 43.4. The van der Waals surface area contributed by atoms with Gasteiger partial charge in [0, 0.05) is 104 Å². The van der Waals surface area contributed by atoms with E-state index in [0.717, 1.165) is 5.56 Å². The van der Waals surface area contributed by atoms with Crippen molar-refractivity contribution in [2.24, 2.45) is 0 Å². The van der Waals surface area contributed by atoms with E-state index in [4.69, 9.17) is 70.9 Å². The van der Waals surface area contributed by atoms with Gasteiger partial charge in [0.25, 0.3) is 5.91 Å². The third-order valence-corrected chi connectivity index (χ3v) is 15.3. The molecule has 0 saturated carbocycles. The first-order valence-corrected chi connectivity index (χ1v) is 30.6. The van der Waals surface area contributed by atoms with Crippen molar-refractivity contribution in [1.82, 2.24) is 39.6 Å². The number of carboxylic acid groups (broad SMARTS) is 3. The predicted octanol–water partition coefficient (Wildman–Crippen LogP) is 3.68. The molecule has 0 bridgehead atoms. The minimum Gasteiger partial charge on any atom is -0.496 e. The number of aliphatic carboxylic acids is 3. The zero-order valence-corrected chi connectivity index (χ0v) is 52.8.